The van der Waals surface area contributed by atoms with E-state index in [0.29, 0.717) is 0 Å². The topological polar surface area (TPSA) is 83.6 Å². The number of thiophene rings is 1. The van der Waals surface area contributed by atoms with Crippen LogP contribution in [0.1, 0.15) is 36.2 Å². The number of nitrogens with one attached hydrogen (secondary N) is 2. The number of pyridine rings is 1. The minimum absolute atomic E-state index is 0.0234. The normalized spacial score (nSPS) is 19.5. The molecule has 12 heteroatoms. The molecule has 1 saturated heterocycles. The van der Waals surface area contributed by atoms with E-state index in [1.807, 2.05) is 0 Å². The first-order valence-electron chi connectivity index (χ1n) is 9.59. The predicted octanol–water partition coefficient (Wildman–Crippen LogP) is 3.73. The minimum Gasteiger partial charge on any atom is -0.443 e. The molecule has 1 aliphatic rings. The summed E-state index contributed by atoms with van der Waals surface area (Å²) >= 11 is 0.779. The number of ether oxygens (including phenoxy) is 1. The van der Waals surface area contributed by atoms with Crippen LogP contribution in [0.2, 0.25) is 0 Å². The number of amides is 2. The summed E-state index contributed by atoms with van der Waals surface area (Å²) in [4.78, 5) is 29.4. The lowest BCUT2D eigenvalue weighted by Crippen LogP contribution is -2.48. The van der Waals surface area contributed by atoms with Crippen LogP contribution in [0, 0.1) is 0 Å². The molecule has 170 valence electrons. The molecular formula is C19H22F4N4O3S. The van der Waals surface area contributed by atoms with Gasteiger partial charge in [-0.3, -0.25) is 4.79 Å². The van der Waals surface area contributed by atoms with Crippen molar-refractivity contribution in [2.45, 2.75) is 44.8 Å². The molecule has 1 fully saturated rings. The Balaban J connectivity index is 1.89. The molecule has 0 saturated carbocycles. The van der Waals surface area contributed by atoms with Crippen molar-refractivity contribution in [2.75, 3.05) is 25.0 Å². The number of halogens is 4. The first-order chi connectivity index (χ1) is 14.5. The molecule has 2 unspecified atom stereocenters. The third kappa shape index (κ3) is 5.00. The second kappa shape index (κ2) is 8.85. The Bertz CT molecular complexity index is 979. The lowest BCUT2D eigenvalue weighted by atomic mass is 10.1. The summed E-state index contributed by atoms with van der Waals surface area (Å²) in [6.45, 7) is 3.30. The van der Waals surface area contributed by atoms with Gasteiger partial charge in [-0.25, -0.2) is 14.2 Å². The standard InChI is InChI=1S/C19H22F4N4O3S/c1-9(2)25-18(29)30-13-4-5-27(7-12(13)20)14-6-11(19(21,22)23)16-15(26-14)10(8-31-16)17(28)24-3/h6,8-9,12-13H,4-5,7H2,1-3H3,(H,24,28)(H,25,29). The monoisotopic (exact) mass is 462 g/mol. The van der Waals surface area contributed by atoms with Crippen LogP contribution >= 0.6 is 11.3 Å². The van der Waals surface area contributed by atoms with Gasteiger partial charge in [-0.15, -0.1) is 11.3 Å². The van der Waals surface area contributed by atoms with Gasteiger partial charge in [0.05, 0.1) is 27.9 Å². The smallest absolute Gasteiger partial charge is 0.417 e. The lowest BCUT2D eigenvalue weighted by Gasteiger charge is -2.35. The number of hydrogen-bond acceptors (Lipinski definition) is 6. The van der Waals surface area contributed by atoms with Crippen LogP contribution in [0.4, 0.5) is 28.2 Å². The van der Waals surface area contributed by atoms with E-state index in [2.05, 4.69) is 15.6 Å². The second-order valence-corrected chi connectivity index (χ2v) is 8.31. The molecule has 2 aromatic rings. The third-order valence-electron chi connectivity index (χ3n) is 4.76. The van der Waals surface area contributed by atoms with Crippen molar-refractivity contribution in [3.63, 3.8) is 0 Å². The number of fused-ring (bicyclic) bond motifs is 1. The van der Waals surface area contributed by atoms with Gasteiger partial charge >= 0.3 is 12.3 Å². The Hall–Kier alpha value is -2.63. The maximum Gasteiger partial charge on any atom is 0.417 e. The van der Waals surface area contributed by atoms with E-state index >= 15 is 0 Å². The summed E-state index contributed by atoms with van der Waals surface area (Å²) < 4.78 is 60.6. The van der Waals surface area contributed by atoms with Crippen molar-refractivity contribution in [1.29, 1.82) is 0 Å². The van der Waals surface area contributed by atoms with Crippen molar-refractivity contribution in [2.24, 2.45) is 0 Å². The largest absolute Gasteiger partial charge is 0.443 e. The molecule has 0 radical (unpaired) electrons. The third-order valence-corrected chi connectivity index (χ3v) is 5.76. The molecule has 2 N–H and O–H groups in total. The summed E-state index contributed by atoms with van der Waals surface area (Å²) in [5.74, 6) is -0.647. The van der Waals surface area contributed by atoms with Gasteiger partial charge in [0, 0.05) is 31.4 Å². The van der Waals surface area contributed by atoms with Gasteiger partial charge < -0.3 is 20.3 Å². The van der Waals surface area contributed by atoms with E-state index in [-0.39, 0.29) is 47.2 Å². The molecule has 7 nitrogen and oxygen atoms in total. The SMILES string of the molecule is CNC(=O)c1csc2c(C(F)(F)F)cc(N3CCC(OC(=O)NC(C)C)C(F)C3)nc12. The van der Waals surface area contributed by atoms with Crippen molar-refractivity contribution in [3.05, 3.63) is 22.6 Å². The van der Waals surface area contributed by atoms with Crippen molar-refractivity contribution in [3.8, 4) is 0 Å². The van der Waals surface area contributed by atoms with Crippen molar-refractivity contribution >= 4 is 39.4 Å². The summed E-state index contributed by atoms with van der Waals surface area (Å²) in [5, 5.41) is 6.20. The predicted molar refractivity (Wildman–Crippen MR) is 108 cm³/mol. The molecule has 0 spiro atoms. The van der Waals surface area contributed by atoms with E-state index in [9.17, 15) is 27.2 Å². The maximum absolute atomic E-state index is 14.7. The number of alkyl carbamates (subject to hydrolysis) is 1. The summed E-state index contributed by atoms with van der Waals surface area (Å²) in [7, 11) is 1.37. The van der Waals surface area contributed by atoms with Gasteiger partial charge in [0.15, 0.2) is 6.17 Å². The highest BCUT2D eigenvalue weighted by Crippen LogP contribution is 2.40. The van der Waals surface area contributed by atoms with Gasteiger partial charge in [-0.2, -0.15) is 13.2 Å². The summed E-state index contributed by atoms with van der Waals surface area (Å²) in [5.41, 5.74) is -0.993. The average Bonchev–Trinajstić information content (AvgIpc) is 3.10. The van der Waals surface area contributed by atoms with E-state index in [0.717, 1.165) is 17.4 Å². The number of carbonyl (C=O) groups is 2. The lowest BCUT2D eigenvalue weighted by molar-refractivity contribution is -0.136. The van der Waals surface area contributed by atoms with Crippen LogP contribution in [-0.2, 0) is 10.9 Å². The fraction of sp³-hybridized carbons (Fsp3) is 0.526. The highest BCUT2D eigenvalue weighted by atomic mass is 32.1. The van der Waals surface area contributed by atoms with Crippen LogP contribution in [-0.4, -0.2) is 55.4 Å². The van der Waals surface area contributed by atoms with Crippen LogP contribution in [0.3, 0.4) is 0 Å². The fourth-order valence-corrected chi connectivity index (χ4v) is 4.32. The van der Waals surface area contributed by atoms with E-state index in [1.54, 1.807) is 13.8 Å². The van der Waals surface area contributed by atoms with E-state index in [1.165, 1.54) is 17.3 Å². The highest BCUT2D eigenvalue weighted by Gasteiger charge is 2.38. The van der Waals surface area contributed by atoms with E-state index < -0.39 is 36.0 Å². The van der Waals surface area contributed by atoms with Crippen molar-refractivity contribution in [1.82, 2.24) is 15.6 Å². The van der Waals surface area contributed by atoms with Gasteiger partial charge in [-0.05, 0) is 19.9 Å². The summed E-state index contributed by atoms with van der Waals surface area (Å²) in [6, 6.07) is 0.689. The number of rotatable bonds is 4. The molecule has 2 aromatic heterocycles. The highest BCUT2D eigenvalue weighted by molar-refractivity contribution is 7.17. The average molecular weight is 462 g/mol. The Morgan fingerprint density at radius 3 is 2.65 bits per heavy atom. The van der Waals surface area contributed by atoms with Gasteiger partial charge in [0.1, 0.15) is 11.9 Å². The zero-order chi connectivity index (χ0) is 22.9. The molecular weight excluding hydrogens is 440 g/mol. The Labute approximate surface area is 179 Å². The molecule has 1 aliphatic heterocycles. The van der Waals surface area contributed by atoms with Gasteiger partial charge in [0.25, 0.3) is 5.91 Å². The molecule has 31 heavy (non-hydrogen) atoms. The number of piperidine rings is 1. The second-order valence-electron chi connectivity index (χ2n) is 7.43. The fourth-order valence-electron chi connectivity index (χ4n) is 3.29. The minimum atomic E-state index is -4.67. The van der Waals surface area contributed by atoms with Gasteiger partial charge in [0.2, 0.25) is 0 Å². The molecule has 2 amide bonds. The number of aromatic nitrogens is 1. The quantitative estimate of drug-likeness (QED) is 0.677. The number of nitrogens with zero attached hydrogens (tertiary/aromatic N) is 2. The van der Waals surface area contributed by atoms with Crippen LogP contribution in [0.25, 0.3) is 10.2 Å². The zero-order valence-corrected chi connectivity index (χ0v) is 17.9. The zero-order valence-electron chi connectivity index (χ0n) is 17.0. The first kappa shape index (κ1) is 23.0. The van der Waals surface area contributed by atoms with Gasteiger partial charge in [-0.1, -0.05) is 0 Å². The van der Waals surface area contributed by atoms with Crippen LogP contribution < -0.4 is 15.5 Å². The first-order valence-corrected chi connectivity index (χ1v) is 10.5. The number of hydrogen-bond donors (Lipinski definition) is 2. The molecule has 0 aliphatic carbocycles. The molecule has 3 heterocycles. The summed E-state index contributed by atoms with van der Waals surface area (Å²) in [6.07, 6.45) is -7.96. The van der Waals surface area contributed by atoms with Crippen LogP contribution in [0.15, 0.2) is 11.4 Å². The number of alkyl halides is 4. The molecule has 0 aromatic carbocycles. The van der Waals surface area contributed by atoms with E-state index in [4.69, 9.17) is 4.74 Å². The molecule has 2 atom stereocenters. The maximum atomic E-state index is 14.7. The number of anilines is 1. The Morgan fingerprint density at radius 2 is 2.06 bits per heavy atom. The van der Waals surface area contributed by atoms with Crippen molar-refractivity contribution < 1.29 is 31.9 Å². The van der Waals surface area contributed by atoms with Crippen LogP contribution in [0.5, 0.6) is 0 Å². The Morgan fingerprint density at radius 1 is 1.35 bits per heavy atom. The Kier molecular flexibility index (Phi) is 6.58. The number of carbonyl (C=O) groups excluding carboxylic acids is 2. The molecule has 3 rings (SSSR count). The molecule has 0 bridgehead atoms.